The first-order valence-electron chi connectivity index (χ1n) is 6.12. The number of ether oxygens (including phenoxy) is 1. The first-order chi connectivity index (χ1) is 9.20. The number of carbonyl (C=O) groups excluding carboxylic acids is 1. The molecule has 19 heavy (non-hydrogen) atoms. The van der Waals surface area contributed by atoms with Crippen LogP contribution in [0.1, 0.15) is 23.1 Å². The van der Waals surface area contributed by atoms with Gasteiger partial charge in [0, 0.05) is 6.20 Å². The van der Waals surface area contributed by atoms with E-state index in [0.717, 1.165) is 22.4 Å². The molecular weight excluding hydrogens is 242 g/mol. The predicted molar refractivity (Wildman–Crippen MR) is 71.2 cm³/mol. The number of aromatic nitrogens is 3. The summed E-state index contributed by atoms with van der Waals surface area (Å²) in [6.45, 7) is 3.96. The van der Waals surface area contributed by atoms with Gasteiger partial charge in [0.1, 0.15) is 11.2 Å². The van der Waals surface area contributed by atoms with Gasteiger partial charge >= 0.3 is 5.97 Å². The summed E-state index contributed by atoms with van der Waals surface area (Å²) in [7, 11) is 0. The minimum atomic E-state index is -0.404. The topological polar surface area (TPSA) is 56.5 Å². The largest absolute Gasteiger partial charge is 0.461 e. The zero-order chi connectivity index (χ0) is 13.4. The molecule has 0 fully saturated rings. The van der Waals surface area contributed by atoms with E-state index in [4.69, 9.17) is 4.74 Å². The van der Waals surface area contributed by atoms with Gasteiger partial charge in [-0.05, 0) is 32.0 Å². The Morgan fingerprint density at radius 3 is 3.00 bits per heavy atom. The van der Waals surface area contributed by atoms with Crippen molar-refractivity contribution >= 4 is 22.6 Å². The highest BCUT2D eigenvalue weighted by molar-refractivity contribution is 5.93. The number of hydrogen-bond donors (Lipinski definition) is 0. The molecule has 0 aliphatic carbocycles. The van der Waals surface area contributed by atoms with Gasteiger partial charge in [-0.3, -0.25) is 4.40 Å². The van der Waals surface area contributed by atoms with Crippen molar-refractivity contribution < 1.29 is 9.53 Å². The average Bonchev–Trinajstić information content (AvgIpc) is 2.78. The zero-order valence-corrected chi connectivity index (χ0v) is 10.8. The van der Waals surface area contributed by atoms with Gasteiger partial charge < -0.3 is 4.74 Å². The number of imidazole rings is 1. The fourth-order valence-electron chi connectivity index (χ4n) is 2.12. The molecule has 0 saturated heterocycles. The van der Waals surface area contributed by atoms with Crippen molar-refractivity contribution in [3.05, 3.63) is 41.9 Å². The third-order valence-corrected chi connectivity index (χ3v) is 2.96. The van der Waals surface area contributed by atoms with E-state index >= 15 is 0 Å². The molecule has 0 amide bonds. The molecule has 0 saturated carbocycles. The Balaban J connectivity index is 2.29. The maximum atomic E-state index is 11.8. The molecule has 3 heterocycles. The van der Waals surface area contributed by atoms with E-state index in [9.17, 15) is 4.79 Å². The van der Waals surface area contributed by atoms with E-state index in [-0.39, 0.29) is 0 Å². The highest BCUT2D eigenvalue weighted by atomic mass is 16.5. The smallest absolute Gasteiger partial charge is 0.356 e. The third-order valence-electron chi connectivity index (χ3n) is 2.96. The molecule has 3 rings (SSSR count). The molecule has 0 atom stereocenters. The Hall–Kier alpha value is -2.43. The predicted octanol–water partition coefficient (Wildman–Crippen LogP) is 2.37. The van der Waals surface area contributed by atoms with Crippen LogP contribution in [0.3, 0.4) is 0 Å². The maximum Gasteiger partial charge on any atom is 0.356 e. The minimum absolute atomic E-state index is 0.317. The number of hydrogen-bond acceptors (Lipinski definition) is 4. The van der Waals surface area contributed by atoms with E-state index in [1.165, 1.54) is 0 Å². The van der Waals surface area contributed by atoms with Crippen LogP contribution < -0.4 is 0 Å². The zero-order valence-electron chi connectivity index (χ0n) is 10.8. The van der Waals surface area contributed by atoms with Gasteiger partial charge in [-0.1, -0.05) is 6.07 Å². The summed E-state index contributed by atoms with van der Waals surface area (Å²) < 4.78 is 6.93. The molecule has 0 aromatic carbocycles. The number of pyridine rings is 2. The number of esters is 1. The van der Waals surface area contributed by atoms with E-state index in [1.54, 1.807) is 13.0 Å². The average molecular weight is 255 g/mol. The van der Waals surface area contributed by atoms with Gasteiger partial charge in [-0.25, -0.2) is 14.8 Å². The molecule has 0 aliphatic heterocycles. The van der Waals surface area contributed by atoms with Gasteiger partial charge in [-0.2, -0.15) is 0 Å². The van der Waals surface area contributed by atoms with E-state index in [1.807, 2.05) is 35.7 Å². The second-order valence-corrected chi connectivity index (χ2v) is 4.22. The van der Waals surface area contributed by atoms with Crippen molar-refractivity contribution in [2.24, 2.45) is 0 Å². The van der Waals surface area contributed by atoms with Gasteiger partial charge in [-0.15, -0.1) is 0 Å². The number of fused-ring (bicyclic) bond motifs is 3. The monoisotopic (exact) mass is 255 g/mol. The second-order valence-electron chi connectivity index (χ2n) is 4.22. The van der Waals surface area contributed by atoms with Crippen LogP contribution in [-0.2, 0) is 4.74 Å². The Labute approximate surface area is 109 Å². The molecule has 0 aliphatic rings. The lowest BCUT2D eigenvalue weighted by Gasteiger charge is -2.03. The van der Waals surface area contributed by atoms with E-state index in [0.29, 0.717) is 12.3 Å². The summed E-state index contributed by atoms with van der Waals surface area (Å²) in [6.07, 6.45) is 1.92. The highest BCUT2D eigenvalue weighted by Crippen LogP contribution is 2.20. The van der Waals surface area contributed by atoms with Crippen molar-refractivity contribution in [2.45, 2.75) is 13.8 Å². The molecule has 0 N–H and O–H groups in total. The number of carbonyl (C=O) groups is 1. The molecule has 0 spiro atoms. The van der Waals surface area contributed by atoms with Crippen molar-refractivity contribution in [1.82, 2.24) is 14.4 Å². The molecule has 0 radical (unpaired) electrons. The molecule has 0 unspecified atom stereocenters. The van der Waals surface area contributed by atoms with Crippen LogP contribution in [0.15, 0.2) is 30.5 Å². The van der Waals surface area contributed by atoms with Crippen molar-refractivity contribution in [1.29, 1.82) is 0 Å². The van der Waals surface area contributed by atoms with Crippen LogP contribution in [0.25, 0.3) is 16.7 Å². The van der Waals surface area contributed by atoms with Crippen LogP contribution in [0.2, 0.25) is 0 Å². The standard InChI is InChI=1S/C14H13N3O2/c1-3-19-14(18)10-8-11-13(9(2)15-10)16-12-6-4-5-7-17(11)12/h4-8H,3H2,1-2H3. The van der Waals surface area contributed by atoms with Crippen LogP contribution in [0.5, 0.6) is 0 Å². The number of nitrogens with zero attached hydrogens (tertiary/aromatic N) is 3. The molecule has 0 bridgehead atoms. The Bertz CT molecular complexity index is 777. The second kappa shape index (κ2) is 4.35. The van der Waals surface area contributed by atoms with Gasteiger partial charge in [0.2, 0.25) is 0 Å². The third kappa shape index (κ3) is 1.83. The first kappa shape index (κ1) is 11.6. The van der Waals surface area contributed by atoms with Crippen molar-refractivity contribution in [3.63, 3.8) is 0 Å². The summed E-state index contributed by atoms with van der Waals surface area (Å²) >= 11 is 0. The lowest BCUT2D eigenvalue weighted by atomic mass is 10.2. The minimum Gasteiger partial charge on any atom is -0.461 e. The van der Waals surface area contributed by atoms with Gasteiger partial charge in [0.05, 0.1) is 17.8 Å². The number of aryl methyl sites for hydroxylation is 1. The van der Waals surface area contributed by atoms with Gasteiger partial charge in [0.15, 0.2) is 5.69 Å². The van der Waals surface area contributed by atoms with Crippen LogP contribution in [-0.4, -0.2) is 26.9 Å². The molecular formula is C14H13N3O2. The van der Waals surface area contributed by atoms with Crippen LogP contribution >= 0.6 is 0 Å². The lowest BCUT2D eigenvalue weighted by Crippen LogP contribution is -2.08. The quantitative estimate of drug-likeness (QED) is 0.660. The molecule has 3 aromatic rings. The summed E-state index contributed by atoms with van der Waals surface area (Å²) in [5, 5.41) is 0. The summed E-state index contributed by atoms with van der Waals surface area (Å²) in [5.74, 6) is -0.404. The Morgan fingerprint density at radius 1 is 1.37 bits per heavy atom. The van der Waals surface area contributed by atoms with Crippen molar-refractivity contribution in [3.8, 4) is 0 Å². The molecule has 96 valence electrons. The fraction of sp³-hybridized carbons (Fsp3) is 0.214. The number of rotatable bonds is 2. The SMILES string of the molecule is CCOC(=O)c1cc2c(nc3ccccn32)c(C)n1. The summed E-state index contributed by atoms with van der Waals surface area (Å²) in [6, 6.07) is 7.49. The summed E-state index contributed by atoms with van der Waals surface area (Å²) in [5.41, 5.74) is 3.55. The fourth-order valence-corrected chi connectivity index (χ4v) is 2.12. The van der Waals surface area contributed by atoms with Crippen molar-refractivity contribution in [2.75, 3.05) is 6.61 Å². The van der Waals surface area contributed by atoms with Crippen LogP contribution in [0.4, 0.5) is 0 Å². The highest BCUT2D eigenvalue weighted by Gasteiger charge is 2.14. The normalized spacial score (nSPS) is 11.1. The van der Waals surface area contributed by atoms with Gasteiger partial charge in [0.25, 0.3) is 0 Å². The summed E-state index contributed by atoms with van der Waals surface area (Å²) in [4.78, 5) is 20.6. The molecule has 3 aromatic heterocycles. The van der Waals surface area contributed by atoms with E-state index < -0.39 is 5.97 Å². The maximum absolute atomic E-state index is 11.8. The van der Waals surface area contributed by atoms with Crippen LogP contribution in [0, 0.1) is 6.92 Å². The lowest BCUT2D eigenvalue weighted by molar-refractivity contribution is 0.0519. The molecule has 5 nitrogen and oxygen atoms in total. The molecule has 5 heteroatoms. The Kier molecular flexibility index (Phi) is 2.67. The Morgan fingerprint density at radius 2 is 2.21 bits per heavy atom. The first-order valence-corrected chi connectivity index (χ1v) is 6.12. The van der Waals surface area contributed by atoms with E-state index in [2.05, 4.69) is 9.97 Å².